The second kappa shape index (κ2) is 9.33. The Morgan fingerprint density at radius 3 is 2.84 bits per heavy atom. The summed E-state index contributed by atoms with van der Waals surface area (Å²) in [5.41, 5.74) is 6.84. The Morgan fingerprint density at radius 1 is 1.32 bits per heavy atom. The van der Waals surface area contributed by atoms with Gasteiger partial charge in [-0.3, -0.25) is 9.59 Å². The van der Waals surface area contributed by atoms with E-state index in [-0.39, 0.29) is 62.0 Å². The van der Waals surface area contributed by atoms with E-state index in [1.807, 2.05) is 0 Å². The van der Waals surface area contributed by atoms with E-state index in [4.69, 9.17) is 20.2 Å². The van der Waals surface area contributed by atoms with Gasteiger partial charge < -0.3 is 30.2 Å². The molecule has 0 spiro atoms. The fourth-order valence-corrected chi connectivity index (χ4v) is 5.03. The first-order valence-electron chi connectivity index (χ1n) is 12.0. The van der Waals surface area contributed by atoms with Crippen molar-refractivity contribution in [3.63, 3.8) is 0 Å². The van der Waals surface area contributed by atoms with E-state index < -0.39 is 17.4 Å². The molecule has 1 amide bonds. The maximum Gasteiger partial charge on any atom is 0.343 e. The molecule has 194 valence electrons. The number of rotatable bonds is 7. The molecular formula is C26H27FN4O6. The molecule has 2 aliphatic heterocycles. The molecule has 0 radical (unpaired) electrons. The molecule has 1 aromatic carbocycles. The number of hydrogen-bond acceptors (Lipinski definition) is 8. The van der Waals surface area contributed by atoms with Gasteiger partial charge in [-0.1, -0.05) is 6.92 Å². The molecule has 0 unspecified atom stereocenters. The number of amides is 1. The summed E-state index contributed by atoms with van der Waals surface area (Å²) in [6.45, 7) is 3.39. The second-order valence-electron chi connectivity index (χ2n) is 9.25. The first kappa shape index (κ1) is 25.0. The van der Waals surface area contributed by atoms with E-state index in [1.54, 1.807) is 30.5 Å². The van der Waals surface area contributed by atoms with Crippen LogP contribution in [-0.4, -0.2) is 46.4 Å². The van der Waals surface area contributed by atoms with Gasteiger partial charge in [-0.25, -0.2) is 14.2 Å². The molecule has 5 rings (SSSR count). The first-order valence-corrected chi connectivity index (χ1v) is 12.0. The van der Waals surface area contributed by atoms with Crippen molar-refractivity contribution in [2.75, 3.05) is 19.9 Å². The Kier molecular flexibility index (Phi) is 6.30. The number of nitrogens with zero attached hydrogens (tertiary/aromatic N) is 2. The zero-order chi connectivity index (χ0) is 26.5. The lowest BCUT2D eigenvalue weighted by Gasteiger charge is -2.31. The number of carbonyl (C=O) groups is 2. The highest BCUT2D eigenvalue weighted by atomic mass is 19.1. The molecule has 0 aliphatic carbocycles. The Balaban J connectivity index is 1.62. The van der Waals surface area contributed by atoms with Gasteiger partial charge >= 0.3 is 5.97 Å². The third-order valence-corrected chi connectivity index (χ3v) is 7.14. The van der Waals surface area contributed by atoms with E-state index in [1.165, 1.54) is 6.07 Å². The summed E-state index contributed by atoms with van der Waals surface area (Å²) in [7, 11) is 0. The molecule has 2 aliphatic rings. The molecule has 1 atom stereocenters. The quantitative estimate of drug-likeness (QED) is 0.191. The van der Waals surface area contributed by atoms with Crippen LogP contribution < -0.4 is 16.6 Å². The van der Waals surface area contributed by atoms with E-state index in [9.17, 15) is 23.9 Å². The number of esters is 1. The van der Waals surface area contributed by atoms with Gasteiger partial charge in [-0.15, -0.1) is 0 Å². The zero-order valence-electron chi connectivity index (χ0n) is 20.5. The molecule has 0 fully saturated rings. The number of pyridine rings is 2. The number of aryl methyl sites for hydroxylation is 1. The van der Waals surface area contributed by atoms with Gasteiger partial charge in [0.1, 0.15) is 19.2 Å². The predicted octanol–water partition coefficient (Wildman–Crippen LogP) is 1.12. The lowest BCUT2D eigenvalue weighted by molar-refractivity contribution is -0.172. The van der Waals surface area contributed by atoms with Crippen molar-refractivity contribution in [2.24, 2.45) is 5.73 Å². The summed E-state index contributed by atoms with van der Waals surface area (Å²) in [4.78, 5) is 42.0. The van der Waals surface area contributed by atoms with Crippen LogP contribution in [0.5, 0.6) is 0 Å². The van der Waals surface area contributed by atoms with E-state index in [0.717, 1.165) is 16.5 Å². The monoisotopic (exact) mass is 510 g/mol. The molecule has 3 aromatic rings. The average molecular weight is 511 g/mol. The van der Waals surface area contributed by atoms with Gasteiger partial charge in [0.05, 0.1) is 42.2 Å². The number of nitrogens with one attached hydrogen (secondary N) is 1. The molecule has 37 heavy (non-hydrogen) atoms. The van der Waals surface area contributed by atoms with Crippen molar-refractivity contribution >= 4 is 22.8 Å². The molecular weight excluding hydrogens is 483 g/mol. The van der Waals surface area contributed by atoms with E-state index >= 15 is 0 Å². The average Bonchev–Trinajstić information content (AvgIpc) is 3.25. The smallest absolute Gasteiger partial charge is 0.343 e. The highest BCUT2D eigenvalue weighted by Crippen LogP contribution is 2.40. The minimum Gasteiger partial charge on any atom is -0.458 e. The fourth-order valence-electron chi connectivity index (χ4n) is 5.03. The van der Waals surface area contributed by atoms with Crippen LogP contribution >= 0.6 is 0 Å². The van der Waals surface area contributed by atoms with Crippen LogP contribution in [0.2, 0.25) is 0 Å². The van der Waals surface area contributed by atoms with Crippen molar-refractivity contribution in [1.29, 1.82) is 0 Å². The lowest BCUT2D eigenvalue weighted by atomic mass is 9.86. The summed E-state index contributed by atoms with van der Waals surface area (Å²) in [6, 6.07) is 4.71. The second-order valence-corrected chi connectivity index (χ2v) is 9.25. The van der Waals surface area contributed by atoms with Crippen molar-refractivity contribution in [1.82, 2.24) is 14.9 Å². The van der Waals surface area contributed by atoms with Crippen molar-refractivity contribution in [3.8, 4) is 11.4 Å². The number of hydrogen-bond donors (Lipinski definition) is 3. The number of cyclic esters (lactones) is 1. The first-order chi connectivity index (χ1) is 17.7. The summed E-state index contributed by atoms with van der Waals surface area (Å²) in [6.07, 6.45) is 0.446. The Bertz CT molecular complexity index is 1520. The number of nitrogens with two attached hydrogens (primary N) is 1. The Hall–Kier alpha value is -3.67. The number of aromatic nitrogens is 2. The topological polar surface area (TPSA) is 146 Å². The summed E-state index contributed by atoms with van der Waals surface area (Å²) < 4.78 is 26.8. The SMILES string of the molecule is CC[C@@]1(O)C(=O)OCc2c1cc1n(c2=O)Cc2c-1nc1cc(F)c(C)cc1c2CCOCNC(=O)CN. The molecule has 0 saturated heterocycles. The highest BCUT2D eigenvalue weighted by Gasteiger charge is 2.45. The summed E-state index contributed by atoms with van der Waals surface area (Å²) in [5, 5.41) is 14.3. The van der Waals surface area contributed by atoms with Crippen LogP contribution in [0.3, 0.4) is 0 Å². The number of halogens is 1. The molecule has 4 N–H and O–H groups in total. The standard InChI is InChI=1S/C26H27FN4O6/c1-3-26(35)18-7-21-23-16(10-31(21)24(33)17(18)11-37-25(26)34)14(4-5-36-12-29-22(32)9-28)15-6-13(2)19(27)8-20(15)30-23/h6-8,35H,3-5,9-12,28H2,1-2H3,(H,29,32)/t26-/m0/s1. The molecule has 0 saturated carbocycles. The number of carbonyl (C=O) groups excluding carboxylic acids is 2. The summed E-state index contributed by atoms with van der Waals surface area (Å²) >= 11 is 0. The predicted molar refractivity (Wildman–Crippen MR) is 131 cm³/mol. The third kappa shape index (κ3) is 3.99. The maximum atomic E-state index is 14.5. The zero-order valence-corrected chi connectivity index (χ0v) is 20.5. The van der Waals surface area contributed by atoms with Gasteiger partial charge in [-0.05, 0) is 43.0 Å². The normalized spacial score (nSPS) is 17.8. The lowest BCUT2D eigenvalue weighted by Crippen LogP contribution is -2.44. The molecule has 2 aromatic heterocycles. The van der Waals surface area contributed by atoms with Crippen LogP contribution in [0.1, 0.15) is 41.2 Å². The van der Waals surface area contributed by atoms with Crippen molar-refractivity contribution < 1.29 is 28.6 Å². The fraction of sp³-hybridized carbons (Fsp3) is 0.385. The van der Waals surface area contributed by atoms with Crippen molar-refractivity contribution in [3.05, 3.63) is 62.2 Å². The molecule has 4 heterocycles. The van der Waals surface area contributed by atoms with Gasteiger partial charge in [0.15, 0.2) is 5.60 Å². The highest BCUT2D eigenvalue weighted by molar-refractivity contribution is 5.89. The minimum absolute atomic E-state index is 0.00900. The van der Waals surface area contributed by atoms with E-state index in [2.05, 4.69) is 5.32 Å². The molecule has 10 nitrogen and oxygen atoms in total. The Labute approximate surface area is 211 Å². The van der Waals surface area contributed by atoms with Crippen LogP contribution in [-0.2, 0) is 44.2 Å². The number of fused-ring (bicyclic) bond motifs is 5. The number of ether oxygens (including phenoxy) is 2. The maximum absolute atomic E-state index is 14.5. The van der Waals surface area contributed by atoms with Gasteiger partial charge in [-0.2, -0.15) is 0 Å². The van der Waals surface area contributed by atoms with Gasteiger partial charge in [0, 0.05) is 22.6 Å². The number of benzene rings is 1. The van der Waals surface area contributed by atoms with E-state index in [0.29, 0.717) is 28.9 Å². The number of aliphatic hydroxyl groups is 1. The molecule has 11 heteroatoms. The van der Waals surface area contributed by atoms with Gasteiger partial charge in [0.2, 0.25) is 5.91 Å². The van der Waals surface area contributed by atoms with Crippen molar-refractivity contribution in [2.45, 2.75) is 45.4 Å². The van der Waals surface area contributed by atoms with Gasteiger partial charge in [0.25, 0.3) is 5.56 Å². The van der Waals surface area contributed by atoms with Crippen LogP contribution in [0.4, 0.5) is 4.39 Å². The Morgan fingerprint density at radius 2 is 2.11 bits per heavy atom. The molecule has 0 bridgehead atoms. The third-order valence-electron chi connectivity index (χ3n) is 7.14. The minimum atomic E-state index is -1.93. The van der Waals surface area contributed by atoms with Crippen LogP contribution in [0.25, 0.3) is 22.3 Å². The van der Waals surface area contributed by atoms with Crippen LogP contribution in [0.15, 0.2) is 23.0 Å². The van der Waals surface area contributed by atoms with Crippen LogP contribution in [0, 0.1) is 12.7 Å². The summed E-state index contributed by atoms with van der Waals surface area (Å²) in [5.74, 6) is -1.54. The largest absolute Gasteiger partial charge is 0.458 e.